The zero-order valence-corrected chi connectivity index (χ0v) is 11.4. The van der Waals surface area contributed by atoms with Crippen LogP contribution in [0.15, 0.2) is 54.6 Å². The first-order chi connectivity index (χ1) is 10.1. The van der Waals surface area contributed by atoms with E-state index >= 15 is 0 Å². The van der Waals surface area contributed by atoms with Crippen molar-refractivity contribution >= 4 is 11.9 Å². The van der Waals surface area contributed by atoms with Gasteiger partial charge in [-0.1, -0.05) is 30.3 Å². The molecule has 2 aromatic rings. The molecule has 2 rings (SSSR count). The predicted molar refractivity (Wildman–Crippen MR) is 76.8 cm³/mol. The summed E-state index contributed by atoms with van der Waals surface area (Å²) in [5.41, 5.74) is 0.981. The molecule has 1 amide bonds. The standard InChI is InChI=1S/C16H15NO4/c1-21-16(20)14(11-7-9-13(18)10-8-11)17-15(19)12-5-3-2-4-6-12/h2-10,14,18H,1H3,(H,17,19). The van der Waals surface area contributed by atoms with Crippen LogP contribution in [0.5, 0.6) is 5.75 Å². The number of hydrogen-bond acceptors (Lipinski definition) is 4. The lowest BCUT2D eigenvalue weighted by Gasteiger charge is -2.17. The smallest absolute Gasteiger partial charge is 0.333 e. The molecule has 0 saturated heterocycles. The summed E-state index contributed by atoms with van der Waals surface area (Å²) in [5, 5.41) is 11.9. The zero-order valence-electron chi connectivity index (χ0n) is 11.4. The number of phenolic OH excluding ortho intramolecular Hbond substituents is 1. The van der Waals surface area contributed by atoms with E-state index in [1.807, 2.05) is 0 Å². The summed E-state index contributed by atoms with van der Waals surface area (Å²) in [5.74, 6) is -0.874. The number of methoxy groups -OCH3 is 1. The summed E-state index contributed by atoms with van der Waals surface area (Å²) >= 11 is 0. The fourth-order valence-electron chi connectivity index (χ4n) is 1.87. The molecule has 1 unspecified atom stereocenters. The van der Waals surface area contributed by atoms with Crippen LogP contribution in [-0.4, -0.2) is 24.1 Å². The second kappa shape index (κ2) is 6.56. The van der Waals surface area contributed by atoms with E-state index in [2.05, 4.69) is 5.32 Å². The Bertz CT molecular complexity index is 622. The van der Waals surface area contributed by atoms with Crippen molar-refractivity contribution in [2.24, 2.45) is 0 Å². The highest BCUT2D eigenvalue weighted by Gasteiger charge is 2.24. The van der Waals surface area contributed by atoms with E-state index in [1.165, 1.54) is 19.2 Å². The molecular formula is C16H15NO4. The fourth-order valence-corrected chi connectivity index (χ4v) is 1.87. The number of carbonyl (C=O) groups excluding carboxylic acids is 2. The summed E-state index contributed by atoms with van der Waals surface area (Å²) in [6, 6.07) is 13.7. The molecule has 2 aromatic carbocycles. The molecule has 0 fully saturated rings. The fraction of sp³-hybridized carbons (Fsp3) is 0.125. The van der Waals surface area contributed by atoms with Crippen LogP contribution in [0.1, 0.15) is 22.0 Å². The molecule has 5 nitrogen and oxygen atoms in total. The first-order valence-electron chi connectivity index (χ1n) is 6.34. The summed E-state index contributed by atoms with van der Waals surface area (Å²) in [7, 11) is 1.25. The maximum Gasteiger partial charge on any atom is 0.333 e. The summed E-state index contributed by atoms with van der Waals surface area (Å²) in [6.45, 7) is 0. The van der Waals surface area contributed by atoms with Crippen LogP contribution in [0, 0.1) is 0 Å². The molecule has 0 bridgehead atoms. The average molecular weight is 285 g/mol. The van der Waals surface area contributed by atoms with E-state index in [9.17, 15) is 14.7 Å². The van der Waals surface area contributed by atoms with Crippen LogP contribution in [-0.2, 0) is 9.53 Å². The molecule has 0 radical (unpaired) electrons. The molecule has 0 saturated carbocycles. The Hall–Kier alpha value is -2.82. The predicted octanol–water partition coefficient (Wildman–Crippen LogP) is 2.04. The molecule has 0 aliphatic heterocycles. The molecule has 0 aliphatic rings. The highest BCUT2D eigenvalue weighted by atomic mass is 16.5. The van der Waals surface area contributed by atoms with Gasteiger partial charge in [0, 0.05) is 5.56 Å². The number of hydrogen-bond donors (Lipinski definition) is 2. The third-order valence-electron chi connectivity index (χ3n) is 2.97. The van der Waals surface area contributed by atoms with E-state index in [-0.39, 0.29) is 11.7 Å². The SMILES string of the molecule is COC(=O)C(NC(=O)c1ccccc1)c1ccc(O)cc1. The molecular weight excluding hydrogens is 270 g/mol. The second-order valence-corrected chi connectivity index (χ2v) is 4.39. The van der Waals surface area contributed by atoms with Gasteiger partial charge in [-0.2, -0.15) is 0 Å². The van der Waals surface area contributed by atoms with Crippen LogP contribution in [0.3, 0.4) is 0 Å². The third kappa shape index (κ3) is 3.60. The molecule has 0 aliphatic carbocycles. The third-order valence-corrected chi connectivity index (χ3v) is 2.97. The minimum Gasteiger partial charge on any atom is -0.508 e. The van der Waals surface area contributed by atoms with Gasteiger partial charge in [-0.05, 0) is 29.8 Å². The topological polar surface area (TPSA) is 75.6 Å². The molecule has 0 heterocycles. The van der Waals surface area contributed by atoms with Crippen molar-refractivity contribution in [3.63, 3.8) is 0 Å². The summed E-state index contributed by atoms with van der Waals surface area (Å²) < 4.78 is 4.72. The van der Waals surface area contributed by atoms with Crippen LogP contribution in [0.4, 0.5) is 0 Å². The van der Waals surface area contributed by atoms with Gasteiger partial charge in [0.2, 0.25) is 0 Å². The lowest BCUT2D eigenvalue weighted by Crippen LogP contribution is -2.34. The number of benzene rings is 2. The van der Waals surface area contributed by atoms with E-state index in [0.29, 0.717) is 11.1 Å². The number of nitrogens with one attached hydrogen (secondary N) is 1. The zero-order chi connectivity index (χ0) is 15.2. The number of phenols is 1. The number of aromatic hydroxyl groups is 1. The Balaban J connectivity index is 2.23. The van der Waals surface area contributed by atoms with Crippen molar-refractivity contribution in [2.45, 2.75) is 6.04 Å². The molecule has 5 heteroatoms. The van der Waals surface area contributed by atoms with Crippen molar-refractivity contribution in [2.75, 3.05) is 7.11 Å². The van der Waals surface area contributed by atoms with Crippen LogP contribution in [0.2, 0.25) is 0 Å². The lowest BCUT2D eigenvalue weighted by atomic mass is 10.1. The molecule has 1 atom stereocenters. The Morgan fingerprint density at radius 3 is 2.24 bits per heavy atom. The second-order valence-electron chi connectivity index (χ2n) is 4.39. The van der Waals surface area contributed by atoms with Gasteiger partial charge < -0.3 is 15.2 Å². The van der Waals surface area contributed by atoms with E-state index in [0.717, 1.165) is 0 Å². The normalized spacial score (nSPS) is 11.5. The highest BCUT2D eigenvalue weighted by Crippen LogP contribution is 2.18. The van der Waals surface area contributed by atoms with Crippen LogP contribution < -0.4 is 5.32 Å². The van der Waals surface area contributed by atoms with Crippen LogP contribution in [0.25, 0.3) is 0 Å². The number of esters is 1. The quantitative estimate of drug-likeness (QED) is 0.843. The monoisotopic (exact) mass is 285 g/mol. The van der Waals surface area contributed by atoms with Crippen LogP contribution >= 0.6 is 0 Å². The molecule has 0 aromatic heterocycles. The first-order valence-corrected chi connectivity index (χ1v) is 6.34. The van der Waals surface area contributed by atoms with Gasteiger partial charge in [0.25, 0.3) is 5.91 Å². The maximum absolute atomic E-state index is 12.1. The minimum absolute atomic E-state index is 0.0803. The number of amides is 1. The Kier molecular flexibility index (Phi) is 4.56. The van der Waals surface area contributed by atoms with Gasteiger partial charge in [0.05, 0.1) is 7.11 Å². The lowest BCUT2D eigenvalue weighted by molar-refractivity contribution is -0.143. The van der Waals surface area contributed by atoms with E-state index < -0.39 is 12.0 Å². The van der Waals surface area contributed by atoms with Crippen molar-refractivity contribution in [1.29, 1.82) is 0 Å². The van der Waals surface area contributed by atoms with Crippen molar-refractivity contribution in [1.82, 2.24) is 5.32 Å². The van der Waals surface area contributed by atoms with Crippen molar-refractivity contribution in [3.8, 4) is 5.75 Å². The van der Waals surface area contributed by atoms with Gasteiger partial charge in [0.15, 0.2) is 6.04 Å². The Morgan fingerprint density at radius 1 is 1.05 bits per heavy atom. The number of carbonyl (C=O) groups is 2. The molecule has 2 N–H and O–H groups in total. The highest BCUT2D eigenvalue weighted by molar-refractivity contribution is 5.97. The molecule has 108 valence electrons. The molecule has 21 heavy (non-hydrogen) atoms. The van der Waals surface area contributed by atoms with Crippen molar-refractivity contribution in [3.05, 3.63) is 65.7 Å². The Labute approximate surface area is 122 Å². The summed E-state index contributed by atoms with van der Waals surface area (Å²) in [6.07, 6.45) is 0. The number of ether oxygens (including phenoxy) is 1. The van der Waals surface area contributed by atoms with Gasteiger partial charge in [-0.25, -0.2) is 4.79 Å². The van der Waals surface area contributed by atoms with E-state index in [1.54, 1.807) is 42.5 Å². The minimum atomic E-state index is -0.927. The van der Waals surface area contributed by atoms with Crippen molar-refractivity contribution < 1.29 is 19.4 Å². The average Bonchev–Trinajstić information content (AvgIpc) is 2.53. The van der Waals surface area contributed by atoms with Gasteiger partial charge in [-0.15, -0.1) is 0 Å². The number of rotatable bonds is 4. The Morgan fingerprint density at radius 2 is 1.67 bits per heavy atom. The van der Waals surface area contributed by atoms with Gasteiger partial charge in [-0.3, -0.25) is 4.79 Å². The maximum atomic E-state index is 12.1. The van der Waals surface area contributed by atoms with Gasteiger partial charge in [0.1, 0.15) is 5.75 Å². The van der Waals surface area contributed by atoms with Gasteiger partial charge >= 0.3 is 5.97 Å². The summed E-state index contributed by atoms with van der Waals surface area (Å²) in [4.78, 5) is 24.0. The molecule has 0 spiro atoms. The largest absolute Gasteiger partial charge is 0.508 e. The first kappa shape index (κ1) is 14.6. The van der Waals surface area contributed by atoms with E-state index in [4.69, 9.17) is 4.74 Å².